The molecule has 6 nitrogen and oxygen atoms in total. The highest BCUT2D eigenvalue weighted by atomic mass is 35.5. The molecule has 0 aliphatic carbocycles. The van der Waals surface area contributed by atoms with E-state index in [0.29, 0.717) is 11.4 Å². The van der Waals surface area contributed by atoms with Crippen molar-refractivity contribution in [3.63, 3.8) is 0 Å². The number of nitrogens with one attached hydrogen (secondary N) is 1. The summed E-state index contributed by atoms with van der Waals surface area (Å²) in [6, 6.07) is 15.0. The van der Waals surface area contributed by atoms with Crippen LogP contribution in [0.3, 0.4) is 0 Å². The number of hydrogen-bond donors (Lipinski definition) is 1. The summed E-state index contributed by atoms with van der Waals surface area (Å²) in [7, 11) is 0. The fourth-order valence-corrected chi connectivity index (χ4v) is 3.54. The van der Waals surface area contributed by atoms with Gasteiger partial charge in [0.05, 0.1) is 11.0 Å². The van der Waals surface area contributed by atoms with E-state index in [1.165, 1.54) is 0 Å². The maximum absolute atomic E-state index is 12.2. The lowest BCUT2D eigenvalue weighted by atomic mass is 10.0. The molecule has 0 amide bonds. The number of rotatable bonds is 8. The van der Waals surface area contributed by atoms with Crippen LogP contribution in [0.1, 0.15) is 41.9 Å². The number of anilines is 1. The first-order chi connectivity index (χ1) is 14.1. The van der Waals surface area contributed by atoms with E-state index in [1.54, 1.807) is 24.3 Å². The fourth-order valence-electron chi connectivity index (χ4n) is 3.42. The molecule has 0 spiro atoms. The molecule has 0 fully saturated rings. The van der Waals surface area contributed by atoms with Crippen LogP contribution in [0.2, 0.25) is 5.02 Å². The number of carbonyl (C=O) groups excluding carboxylic acids is 1. The zero-order valence-corrected chi connectivity index (χ0v) is 17.0. The maximum Gasteiger partial charge on any atom is 0.204 e. The number of aromatic nitrogens is 4. The Labute approximate surface area is 173 Å². The van der Waals surface area contributed by atoms with Crippen molar-refractivity contribution in [3.05, 3.63) is 64.9 Å². The van der Waals surface area contributed by atoms with Gasteiger partial charge in [0, 0.05) is 23.6 Å². The standard InChI is InChI=1S/C22H22ClN5O/c1-15-26-27-22-21(25-18-7-4-5-8-19(18)28(15)22)24-14-6-2-3-9-20(29)16-10-12-17(23)13-11-16/h4-5,7-8,10-13H,2-3,6,9,14H2,1H3,(H,24,25). The summed E-state index contributed by atoms with van der Waals surface area (Å²) in [4.78, 5) is 16.9. The van der Waals surface area contributed by atoms with E-state index in [4.69, 9.17) is 16.6 Å². The van der Waals surface area contributed by atoms with Gasteiger partial charge in [-0.2, -0.15) is 0 Å². The number of carbonyl (C=O) groups is 1. The first kappa shape index (κ1) is 19.3. The van der Waals surface area contributed by atoms with E-state index in [9.17, 15) is 4.79 Å². The number of halogens is 1. The summed E-state index contributed by atoms with van der Waals surface area (Å²) in [5, 5.41) is 12.5. The van der Waals surface area contributed by atoms with Gasteiger partial charge in [0.1, 0.15) is 5.82 Å². The molecule has 0 radical (unpaired) electrons. The number of benzene rings is 2. The van der Waals surface area contributed by atoms with E-state index in [0.717, 1.165) is 59.7 Å². The lowest BCUT2D eigenvalue weighted by molar-refractivity contribution is 0.0979. The third kappa shape index (κ3) is 4.22. The van der Waals surface area contributed by atoms with Crippen LogP contribution in [0.5, 0.6) is 0 Å². The number of para-hydroxylation sites is 2. The molecule has 0 aliphatic rings. The smallest absolute Gasteiger partial charge is 0.204 e. The molecule has 29 heavy (non-hydrogen) atoms. The lowest BCUT2D eigenvalue weighted by Crippen LogP contribution is -2.07. The van der Waals surface area contributed by atoms with Crippen molar-refractivity contribution in [3.8, 4) is 0 Å². The Morgan fingerprint density at radius 3 is 2.66 bits per heavy atom. The number of ketones is 1. The van der Waals surface area contributed by atoms with Crippen molar-refractivity contribution in [2.75, 3.05) is 11.9 Å². The molecule has 1 N–H and O–H groups in total. The topological polar surface area (TPSA) is 72.2 Å². The van der Waals surface area contributed by atoms with Crippen LogP contribution < -0.4 is 5.32 Å². The number of aryl methyl sites for hydroxylation is 1. The summed E-state index contributed by atoms with van der Waals surface area (Å²) < 4.78 is 2.02. The fraction of sp³-hybridized carbons (Fsp3) is 0.273. The van der Waals surface area contributed by atoms with Crippen molar-refractivity contribution in [2.45, 2.75) is 32.6 Å². The van der Waals surface area contributed by atoms with Gasteiger partial charge in [0.15, 0.2) is 11.6 Å². The highest BCUT2D eigenvalue weighted by Gasteiger charge is 2.12. The van der Waals surface area contributed by atoms with Crippen LogP contribution in [0.15, 0.2) is 48.5 Å². The summed E-state index contributed by atoms with van der Waals surface area (Å²) >= 11 is 5.87. The van der Waals surface area contributed by atoms with Gasteiger partial charge in [0.2, 0.25) is 5.65 Å². The predicted octanol–water partition coefficient (Wildman–Crippen LogP) is 5.09. The Kier molecular flexibility index (Phi) is 5.71. The first-order valence-electron chi connectivity index (χ1n) is 9.76. The quantitative estimate of drug-likeness (QED) is 0.325. The predicted molar refractivity (Wildman–Crippen MR) is 116 cm³/mol. The number of hydrogen-bond acceptors (Lipinski definition) is 5. The molecular weight excluding hydrogens is 386 g/mol. The van der Waals surface area contributed by atoms with Crippen molar-refractivity contribution in [1.29, 1.82) is 0 Å². The summed E-state index contributed by atoms with van der Waals surface area (Å²) in [6.07, 6.45) is 3.31. The number of nitrogens with zero attached hydrogens (tertiary/aromatic N) is 4. The van der Waals surface area contributed by atoms with Crippen LogP contribution in [-0.4, -0.2) is 31.9 Å². The van der Waals surface area contributed by atoms with Crippen LogP contribution in [0.25, 0.3) is 16.7 Å². The van der Waals surface area contributed by atoms with E-state index < -0.39 is 0 Å². The Morgan fingerprint density at radius 2 is 1.83 bits per heavy atom. The molecule has 0 saturated heterocycles. The average Bonchev–Trinajstić information content (AvgIpc) is 3.13. The minimum atomic E-state index is 0.159. The van der Waals surface area contributed by atoms with Gasteiger partial charge < -0.3 is 5.32 Å². The van der Waals surface area contributed by atoms with E-state index >= 15 is 0 Å². The second-order valence-corrected chi connectivity index (χ2v) is 7.46. The normalized spacial score (nSPS) is 11.2. The third-order valence-corrected chi connectivity index (χ3v) is 5.18. The Hall–Kier alpha value is -2.99. The summed E-state index contributed by atoms with van der Waals surface area (Å²) in [6.45, 7) is 2.70. The van der Waals surface area contributed by atoms with Crippen LogP contribution in [0.4, 0.5) is 5.82 Å². The zero-order valence-electron chi connectivity index (χ0n) is 16.2. The zero-order chi connectivity index (χ0) is 20.2. The largest absolute Gasteiger partial charge is 0.367 e. The Balaban J connectivity index is 1.32. The number of fused-ring (bicyclic) bond motifs is 3. The van der Waals surface area contributed by atoms with E-state index in [2.05, 4.69) is 15.5 Å². The molecule has 0 saturated carbocycles. The second-order valence-electron chi connectivity index (χ2n) is 7.02. The van der Waals surface area contributed by atoms with Gasteiger partial charge >= 0.3 is 0 Å². The molecule has 2 heterocycles. The highest BCUT2D eigenvalue weighted by molar-refractivity contribution is 6.30. The molecule has 4 aromatic rings. The average molecular weight is 408 g/mol. The monoisotopic (exact) mass is 407 g/mol. The SMILES string of the molecule is Cc1nnc2c(NCCCCCC(=O)c3ccc(Cl)cc3)nc3ccccc3n12. The van der Waals surface area contributed by atoms with Crippen LogP contribution in [-0.2, 0) is 0 Å². The van der Waals surface area contributed by atoms with Gasteiger partial charge in [-0.05, 0) is 56.2 Å². The van der Waals surface area contributed by atoms with Gasteiger partial charge in [-0.25, -0.2) is 4.98 Å². The summed E-state index contributed by atoms with van der Waals surface area (Å²) in [5.41, 5.74) is 3.35. The molecule has 0 atom stereocenters. The maximum atomic E-state index is 12.2. The van der Waals surface area contributed by atoms with Gasteiger partial charge in [-0.15, -0.1) is 10.2 Å². The molecule has 0 bridgehead atoms. The Morgan fingerprint density at radius 1 is 1.03 bits per heavy atom. The van der Waals surface area contributed by atoms with Crippen LogP contribution >= 0.6 is 11.6 Å². The molecule has 0 aliphatic heterocycles. The second kappa shape index (κ2) is 8.57. The summed E-state index contributed by atoms with van der Waals surface area (Å²) in [5.74, 6) is 1.73. The van der Waals surface area contributed by atoms with E-state index in [1.807, 2.05) is 35.6 Å². The van der Waals surface area contributed by atoms with Crippen molar-refractivity contribution < 1.29 is 4.79 Å². The minimum Gasteiger partial charge on any atom is -0.367 e. The number of Topliss-reactive ketones (excluding diaryl/α,β-unsaturated/α-hetero) is 1. The molecule has 7 heteroatoms. The van der Waals surface area contributed by atoms with E-state index in [-0.39, 0.29) is 5.78 Å². The molecular formula is C22H22ClN5O. The van der Waals surface area contributed by atoms with Gasteiger partial charge in [-0.3, -0.25) is 9.20 Å². The molecule has 148 valence electrons. The Bertz CT molecular complexity index is 1150. The van der Waals surface area contributed by atoms with Gasteiger partial charge in [0.25, 0.3) is 0 Å². The van der Waals surface area contributed by atoms with Crippen LogP contribution in [0, 0.1) is 6.92 Å². The number of unbranched alkanes of at least 4 members (excludes halogenated alkanes) is 2. The van der Waals surface area contributed by atoms with Crippen molar-refractivity contribution >= 4 is 39.9 Å². The molecule has 0 unspecified atom stereocenters. The van der Waals surface area contributed by atoms with Crippen molar-refractivity contribution in [1.82, 2.24) is 19.6 Å². The molecule has 2 aromatic heterocycles. The minimum absolute atomic E-state index is 0.159. The third-order valence-electron chi connectivity index (χ3n) is 4.93. The van der Waals surface area contributed by atoms with Gasteiger partial charge in [-0.1, -0.05) is 30.2 Å². The highest BCUT2D eigenvalue weighted by Crippen LogP contribution is 2.21. The molecule has 4 rings (SSSR count). The van der Waals surface area contributed by atoms with Crippen molar-refractivity contribution in [2.24, 2.45) is 0 Å². The lowest BCUT2D eigenvalue weighted by Gasteiger charge is -2.09. The first-order valence-corrected chi connectivity index (χ1v) is 10.1. The molecule has 2 aromatic carbocycles.